The average Bonchev–Trinajstić information content (AvgIpc) is 2.67. The highest BCUT2D eigenvalue weighted by Crippen LogP contribution is 2.22. The number of hydrogen-bond acceptors (Lipinski definition) is 5. The molecule has 1 amide bonds. The molecule has 1 fully saturated rings. The van der Waals surface area contributed by atoms with Crippen LogP contribution in [-0.4, -0.2) is 56.7 Å². The first-order chi connectivity index (χ1) is 13.2. The topological polar surface area (TPSA) is 79.8 Å². The number of amides is 1. The van der Waals surface area contributed by atoms with Gasteiger partial charge in [0.1, 0.15) is 11.9 Å². The van der Waals surface area contributed by atoms with Crippen molar-refractivity contribution >= 4 is 21.6 Å². The number of ether oxygens (including phenoxy) is 1. The van der Waals surface area contributed by atoms with Crippen molar-refractivity contribution in [1.29, 1.82) is 0 Å². The van der Waals surface area contributed by atoms with Crippen LogP contribution in [0.3, 0.4) is 0 Å². The fourth-order valence-electron chi connectivity index (χ4n) is 2.97. The van der Waals surface area contributed by atoms with E-state index in [1.165, 1.54) is 31.4 Å². The molecule has 0 bridgehead atoms. The van der Waals surface area contributed by atoms with Gasteiger partial charge in [-0.3, -0.25) is 9.10 Å². The van der Waals surface area contributed by atoms with Gasteiger partial charge in [-0.1, -0.05) is 6.07 Å². The summed E-state index contributed by atoms with van der Waals surface area (Å²) in [6.07, 6.45) is 3.74. The molecule has 7 nitrogen and oxygen atoms in total. The number of anilines is 1. The van der Waals surface area contributed by atoms with Gasteiger partial charge in [0, 0.05) is 44.6 Å². The van der Waals surface area contributed by atoms with Crippen molar-refractivity contribution in [2.24, 2.45) is 0 Å². The number of aromatic nitrogens is 1. The van der Waals surface area contributed by atoms with E-state index in [4.69, 9.17) is 4.74 Å². The predicted octanol–water partition coefficient (Wildman–Crippen LogP) is 2.30. The number of carbonyl (C=O) groups excluding carboxylic acids is 1. The number of rotatable bonds is 5. The molecule has 0 atom stereocenters. The molecule has 0 N–H and O–H groups in total. The zero-order valence-electron chi connectivity index (χ0n) is 15.7. The van der Waals surface area contributed by atoms with Gasteiger partial charge in [-0.15, -0.1) is 0 Å². The van der Waals surface area contributed by atoms with Gasteiger partial charge in [-0.05, 0) is 24.3 Å². The monoisotopic (exact) mass is 407 g/mol. The molecule has 1 aliphatic rings. The van der Waals surface area contributed by atoms with Crippen molar-refractivity contribution in [2.45, 2.75) is 18.9 Å². The van der Waals surface area contributed by atoms with Crippen LogP contribution in [-0.2, 0) is 10.0 Å². The van der Waals surface area contributed by atoms with Gasteiger partial charge in [0.2, 0.25) is 15.9 Å². The van der Waals surface area contributed by atoms with Crippen molar-refractivity contribution in [2.75, 3.05) is 30.7 Å². The van der Waals surface area contributed by atoms with Crippen LogP contribution in [0, 0.1) is 5.82 Å². The van der Waals surface area contributed by atoms with Crippen molar-refractivity contribution < 1.29 is 22.3 Å². The van der Waals surface area contributed by atoms with E-state index in [0.717, 1.165) is 10.6 Å². The van der Waals surface area contributed by atoms with Crippen molar-refractivity contribution in [3.63, 3.8) is 0 Å². The first kappa shape index (κ1) is 20.1. The standard InChI is InChI=1S/C19H22FN3O4S/c1-22(28(2,25)26)16-6-7-18(21-13-16)27-17-8-10-23(11-9-17)19(24)14-4-3-5-15(20)12-14/h3-7,12-13,17H,8-11H2,1-2H3. The van der Waals surface area contributed by atoms with Crippen molar-refractivity contribution in [1.82, 2.24) is 9.88 Å². The zero-order chi connectivity index (χ0) is 20.3. The number of hydrogen-bond donors (Lipinski definition) is 0. The van der Waals surface area contributed by atoms with Crippen LogP contribution in [0.1, 0.15) is 23.2 Å². The summed E-state index contributed by atoms with van der Waals surface area (Å²) in [5, 5.41) is 0. The van der Waals surface area contributed by atoms with Gasteiger partial charge in [0.15, 0.2) is 0 Å². The van der Waals surface area contributed by atoms with Crippen LogP contribution in [0.15, 0.2) is 42.6 Å². The molecule has 28 heavy (non-hydrogen) atoms. The molecule has 0 spiro atoms. The Kier molecular flexibility index (Phi) is 5.83. The van der Waals surface area contributed by atoms with Crippen LogP contribution in [0.2, 0.25) is 0 Å². The molecule has 1 aromatic carbocycles. The summed E-state index contributed by atoms with van der Waals surface area (Å²) in [6, 6.07) is 8.93. The highest BCUT2D eigenvalue weighted by molar-refractivity contribution is 7.92. The first-order valence-corrected chi connectivity index (χ1v) is 10.7. The molecule has 0 aliphatic carbocycles. The van der Waals surface area contributed by atoms with Gasteiger partial charge in [-0.25, -0.2) is 17.8 Å². The molecule has 2 heterocycles. The van der Waals surface area contributed by atoms with E-state index in [1.807, 2.05) is 0 Å². The van der Waals surface area contributed by atoms with Crippen LogP contribution in [0.5, 0.6) is 5.88 Å². The molecule has 0 saturated carbocycles. The number of nitrogens with zero attached hydrogens (tertiary/aromatic N) is 3. The number of carbonyl (C=O) groups is 1. The molecule has 3 rings (SSSR count). The summed E-state index contributed by atoms with van der Waals surface area (Å²) >= 11 is 0. The summed E-state index contributed by atoms with van der Waals surface area (Å²) in [5.74, 6) is -0.218. The Bertz CT molecular complexity index is 942. The predicted molar refractivity (Wildman–Crippen MR) is 103 cm³/mol. The molecule has 0 unspecified atom stereocenters. The highest BCUT2D eigenvalue weighted by Gasteiger charge is 2.25. The molecular weight excluding hydrogens is 385 g/mol. The lowest BCUT2D eigenvalue weighted by Gasteiger charge is -2.32. The highest BCUT2D eigenvalue weighted by atomic mass is 32.2. The molecule has 2 aromatic rings. The molecule has 150 valence electrons. The maximum Gasteiger partial charge on any atom is 0.253 e. The number of sulfonamides is 1. The van der Waals surface area contributed by atoms with Crippen LogP contribution in [0.4, 0.5) is 10.1 Å². The average molecular weight is 407 g/mol. The lowest BCUT2D eigenvalue weighted by molar-refractivity contribution is 0.0587. The van der Waals surface area contributed by atoms with Gasteiger partial charge < -0.3 is 9.64 Å². The van der Waals surface area contributed by atoms with Gasteiger partial charge in [0.05, 0.1) is 18.1 Å². The normalized spacial score (nSPS) is 15.3. The van der Waals surface area contributed by atoms with E-state index in [2.05, 4.69) is 4.98 Å². The van der Waals surface area contributed by atoms with Gasteiger partial charge >= 0.3 is 0 Å². The Morgan fingerprint density at radius 3 is 2.54 bits per heavy atom. The number of benzene rings is 1. The molecule has 1 aliphatic heterocycles. The summed E-state index contributed by atoms with van der Waals surface area (Å²) in [7, 11) is -1.89. The maximum atomic E-state index is 13.3. The Hall–Kier alpha value is -2.68. The van der Waals surface area contributed by atoms with Crippen molar-refractivity contribution in [3.05, 3.63) is 54.0 Å². The number of likely N-dealkylation sites (tertiary alicyclic amines) is 1. The Morgan fingerprint density at radius 1 is 1.25 bits per heavy atom. The summed E-state index contributed by atoms with van der Waals surface area (Å²) in [4.78, 5) is 18.3. The molecular formula is C19H22FN3O4S. The van der Waals surface area contributed by atoms with Gasteiger partial charge in [0.25, 0.3) is 5.91 Å². The molecule has 0 radical (unpaired) electrons. The van der Waals surface area contributed by atoms with E-state index >= 15 is 0 Å². The fourth-order valence-corrected chi connectivity index (χ4v) is 3.46. The van der Waals surface area contributed by atoms with Crippen LogP contribution < -0.4 is 9.04 Å². The van der Waals surface area contributed by atoms with Gasteiger partial charge in [-0.2, -0.15) is 0 Å². The van der Waals surface area contributed by atoms with Crippen molar-refractivity contribution in [3.8, 4) is 5.88 Å². The summed E-state index contributed by atoms with van der Waals surface area (Å²) in [5.41, 5.74) is 0.789. The lowest BCUT2D eigenvalue weighted by Crippen LogP contribution is -2.41. The third-order valence-electron chi connectivity index (χ3n) is 4.67. The Labute approximate surface area is 163 Å². The zero-order valence-corrected chi connectivity index (χ0v) is 16.5. The Morgan fingerprint density at radius 2 is 1.96 bits per heavy atom. The van der Waals surface area contributed by atoms with E-state index in [-0.39, 0.29) is 12.0 Å². The van der Waals surface area contributed by atoms with Crippen LogP contribution >= 0.6 is 0 Å². The minimum Gasteiger partial charge on any atom is -0.474 e. The largest absolute Gasteiger partial charge is 0.474 e. The first-order valence-electron chi connectivity index (χ1n) is 8.85. The van der Waals surface area contributed by atoms with Crippen LogP contribution in [0.25, 0.3) is 0 Å². The summed E-state index contributed by atoms with van der Waals surface area (Å²) in [6.45, 7) is 1.02. The third-order valence-corrected chi connectivity index (χ3v) is 5.88. The smallest absolute Gasteiger partial charge is 0.253 e. The minimum absolute atomic E-state index is 0.0949. The second-order valence-electron chi connectivity index (χ2n) is 6.70. The maximum absolute atomic E-state index is 13.3. The molecule has 9 heteroatoms. The number of halogens is 1. The molecule has 1 aromatic heterocycles. The number of pyridine rings is 1. The second-order valence-corrected chi connectivity index (χ2v) is 8.72. The summed E-state index contributed by atoms with van der Waals surface area (Å²) < 4.78 is 43.4. The fraction of sp³-hybridized carbons (Fsp3) is 0.368. The third kappa shape index (κ3) is 4.78. The van der Waals surface area contributed by atoms with E-state index in [9.17, 15) is 17.6 Å². The second kappa shape index (κ2) is 8.14. The van der Waals surface area contributed by atoms with E-state index in [1.54, 1.807) is 23.1 Å². The Balaban J connectivity index is 1.55. The molecule has 1 saturated heterocycles. The lowest BCUT2D eigenvalue weighted by atomic mass is 10.1. The quantitative estimate of drug-likeness (QED) is 0.760. The number of piperidine rings is 1. The minimum atomic E-state index is -3.34. The van der Waals surface area contributed by atoms with E-state index < -0.39 is 15.8 Å². The van der Waals surface area contributed by atoms with E-state index in [0.29, 0.717) is 43.1 Å². The SMILES string of the molecule is CN(c1ccc(OC2CCN(C(=O)c3cccc(F)c3)CC2)nc1)S(C)(=O)=O.